The number of hydrogen-bond acceptors (Lipinski definition) is 8. The number of benzene rings is 1. The summed E-state index contributed by atoms with van der Waals surface area (Å²) in [4.78, 5) is 23.8. The van der Waals surface area contributed by atoms with Crippen LogP contribution in [0.5, 0.6) is 0 Å². The van der Waals surface area contributed by atoms with Crippen LogP contribution in [0.15, 0.2) is 38.5 Å². The summed E-state index contributed by atoms with van der Waals surface area (Å²) in [5, 5.41) is 4.97. The molecular formula is C16H19N7O3S3. The van der Waals surface area contributed by atoms with Crippen LogP contribution < -0.4 is 21.5 Å². The molecule has 2 aromatic rings. The Morgan fingerprint density at radius 1 is 1.38 bits per heavy atom. The zero-order valence-corrected chi connectivity index (χ0v) is 17.8. The van der Waals surface area contributed by atoms with Gasteiger partial charge in [0.15, 0.2) is 5.96 Å². The van der Waals surface area contributed by atoms with Crippen LogP contribution in [0, 0.1) is 0 Å². The number of thioether (sulfide) groups is 1. The quantitative estimate of drug-likeness (QED) is 0.275. The molecule has 2 heterocycles. The Morgan fingerprint density at radius 3 is 2.90 bits per heavy atom. The molecule has 0 saturated carbocycles. The molecule has 1 aromatic carbocycles. The summed E-state index contributed by atoms with van der Waals surface area (Å²) >= 11 is 2.97. The van der Waals surface area contributed by atoms with Gasteiger partial charge < -0.3 is 16.8 Å². The smallest absolute Gasteiger partial charge is 0.263 e. The fourth-order valence-corrected chi connectivity index (χ4v) is 5.31. The van der Waals surface area contributed by atoms with Gasteiger partial charge in [-0.15, -0.1) is 11.3 Å². The Bertz CT molecular complexity index is 1090. The molecule has 0 aliphatic carbocycles. The largest absolute Gasteiger partial charge is 0.370 e. The Hall–Kier alpha value is -2.64. The van der Waals surface area contributed by atoms with Crippen molar-refractivity contribution in [1.82, 2.24) is 9.71 Å². The van der Waals surface area contributed by atoms with Crippen LogP contribution in [0.3, 0.4) is 0 Å². The Balaban J connectivity index is 1.59. The number of carbonyl (C=O) groups is 1. The van der Waals surface area contributed by atoms with Gasteiger partial charge in [-0.2, -0.15) is 16.8 Å². The summed E-state index contributed by atoms with van der Waals surface area (Å²) in [5.74, 6) is 1.35. The zero-order valence-electron chi connectivity index (χ0n) is 15.4. The number of anilines is 1. The number of carbonyl (C=O) groups excluding carboxylic acids is 1. The molecule has 1 amide bonds. The first-order chi connectivity index (χ1) is 13.7. The molecule has 0 fully saturated rings. The summed E-state index contributed by atoms with van der Waals surface area (Å²) < 4.78 is 27.1. The lowest BCUT2D eigenvalue weighted by atomic mass is 10.2. The average molecular weight is 454 g/mol. The van der Waals surface area contributed by atoms with Gasteiger partial charge in [0.05, 0.1) is 12.2 Å². The normalized spacial score (nSPS) is 15.6. The topological polar surface area (TPSA) is 165 Å². The van der Waals surface area contributed by atoms with Crippen molar-refractivity contribution < 1.29 is 13.2 Å². The maximum Gasteiger partial charge on any atom is 0.263 e. The number of sulfonamides is 1. The Morgan fingerprint density at radius 2 is 2.17 bits per heavy atom. The fourth-order valence-electron chi connectivity index (χ4n) is 2.50. The molecule has 0 saturated heterocycles. The third kappa shape index (κ3) is 5.46. The number of thiazole rings is 1. The van der Waals surface area contributed by atoms with E-state index in [-0.39, 0.29) is 16.8 Å². The van der Waals surface area contributed by atoms with Crippen molar-refractivity contribution in [3.8, 4) is 0 Å². The molecule has 3 rings (SSSR count). The van der Waals surface area contributed by atoms with Gasteiger partial charge >= 0.3 is 0 Å². The lowest BCUT2D eigenvalue weighted by Gasteiger charge is -2.03. The van der Waals surface area contributed by atoms with E-state index in [4.69, 9.17) is 11.5 Å². The van der Waals surface area contributed by atoms with Crippen LogP contribution >= 0.6 is 23.1 Å². The number of rotatable bonds is 7. The highest BCUT2D eigenvalue weighted by molar-refractivity contribution is 7.98. The number of nitrogens with one attached hydrogen (secondary N) is 2. The molecule has 1 aliphatic heterocycles. The first kappa shape index (κ1) is 21.1. The van der Waals surface area contributed by atoms with Crippen molar-refractivity contribution in [3.63, 3.8) is 0 Å². The van der Waals surface area contributed by atoms with E-state index in [1.807, 2.05) is 5.38 Å². The fraction of sp³-hybridized carbons (Fsp3) is 0.250. The Kier molecular flexibility index (Phi) is 6.39. The number of aliphatic imine (C=N–C) groups is 2. The van der Waals surface area contributed by atoms with E-state index >= 15 is 0 Å². The minimum atomic E-state index is -3.69. The van der Waals surface area contributed by atoms with Crippen LogP contribution in [-0.4, -0.2) is 43.4 Å². The predicted molar refractivity (Wildman–Crippen MR) is 116 cm³/mol. The molecule has 0 unspecified atom stereocenters. The summed E-state index contributed by atoms with van der Waals surface area (Å²) in [6, 6.07) is 4.70. The number of nitrogens with zero attached hydrogens (tertiary/aromatic N) is 3. The first-order valence-corrected chi connectivity index (χ1v) is 11.9. The van der Waals surface area contributed by atoms with Gasteiger partial charge in [0.2, 0.25) is 11.0 Å². The summed E-state index contributed by atoms with van der Waals surface area (Å²) in [5.41, 5.74) is 12.4. The molecule has 1 aliphatic rings. The number of guanidine groups is 1. The third-order valence-electron chi connectivity index (χ3n) is 3.60. The van der Waals surface area contributed by atoms with Gasteiger partial charge in [-0.05, 0) is 18.2 Å². The number of hydrogen-bond donors (Lipinski definition) is 4. The van der Waals surface area contributed by atoms with Gasteiger partial charge in [0, 0.05) is 35.1 Å². The molecule has 0 radical (unpaired) electrons. The molecule has 0 bridgehead atoms. The second-order valence-corrected chi connectivity index (χ2v) is 9.53. The number of amides is 1. The van der Waals surface area contributed by atoms with Crippen LogP contribution in [0.4, 0.5) is 10.8 Å². The monoisotopic (exact) mass is 453 g/mol. The maximum absolute atomic E-state index is 12.3. The standard InChI is InChI=1S/C16H19N7O3S3/c1-9(24)20-10-2-3-12-13(6-10)29(25,26)23-14(12)19-4-5-27-7-11-8-28-16(21-11)22-15(17)18/h2-3,6,8H,4-5,7H2,1H3,(H,19,23)(H,20,24)(H4,17,18,21,22). The van der Waals surface area contributed by atoms with Crippen molar-refractivity contribution in [1.29, 1.82) is 0 Å². The van der Waals surface area contributed by atoms with E-state index in [0.717, 1.165) is 5.69 Å². The van der Waals surface area contributed by atoms with Crippen LogP contribution in [0.1, 0.15) is 18.2 Å². The lowest BCUT2D eigenvalue weighted by Crippen LogP contribution is -2.22. The minimum Gasteiger partial charge on any atom is -0.370 e. The summed E-state index contributed by atoms with van der Waals surface area (Å²) in [6.45, 7) is 1.79. The zero-order chi connectivity index (χ0) is 21.0. The van der Waals surface area contributed by atoms with Gasteiger partial charge in [0.1, 0.15) is 10.7 Å². The van der Waals surface area contributed by atoms with Crippen LogP contribution in [0.25, 0.3) is 0 Å². The SMILES string of the molecule is CC(=O)Nc1ccc2c(c1)S(=O)(=O)NC2=NCCSCc1csc(N=C(N)N)n1. The van der Waals surface area contributed by atoms with Crippen molar-refractivity contribution in [2.45, 2.75) is 17.6 Å². The maximum atomic E-state index is 12.3. The first-order valence-electron chi connectivity index (χ1n) is 8.35. The third-order valence-corrected chi connectivity index (χ3v) is 6.73. The van der Waals surface area contributed by atoms with Gasteiger partial charge in [-0.1, -0.05) is 0 Å². The van der Waals surface area contributed by atoms with Crippen molar-refractivity contribution in [2.24, 2.45) is 21.5 Å². The molecule has 0 atom stereocenters. The summed E-state index contributed by atoms with van der Waals surface area (Å²) in [6.07, 6.45) is 0. The van der Waals surface area contributed by atoms with E-state index < -0.39 is 10.0 Å². The van der Waals surface area contributed by atoms with Gasteiger partial charge in [0.25, 0.3) is 10.0 Å². The molecule has 6 N–H and O–H groups in total. The molecule has 13 heteroatoms. The number of fused-ring (bicyclic) bond motifs is 1. The molecule has 0 spiro atoms. The molecule has 154 valence electrons. The van der Waals surface area contributed by atoms with Crippen LogP contribution in [-0.2, 0) is 20.6 Å². The van der Waals surface area contributed by atoms with E-state index in [0.29, 0.717) is 40.3 Å². The van der Waals surface area contributed by atoms with E-state index in [9.17, 15) is 13.2 Å². The molecule has 10 nitrogen and oxygen atoms in total. The van der Waals surface area contributed by atoms with E-state index in [1.54, 1.807) is 23.9 Å². The average Bonchev–Trinajstić information content (AvgIpc) is 3.16. The van der Waals surface area contributed by atoms with Gasteiger partial charge in [-0.3, -0.25) is 14.5 Å². The van der Waals surface area contributed by atoms with E-state index in [2.05, 4.69) is 25.0 Å². The van der Waals surface area contributed by atoms with Crippen molar-refractivity contribution in [3.05, 3.63) is 34.8 Å². The molecule has 29 heavy (non-hydrogen) atoms. The van der Waals surface area contributed by atoms with Crippen molar-refractivity contribution in [2.75, 3.05) is 17.6 Å². The number of nitrogens with two attached hydrogens (primary N) is 2. The van der Waals surface area contributed by atoms with E-state index in [1.165, 1.54) is 24.3 Å². The van der Waals surface area contributed by atoms with Crippen LogP contribution in [0.2, 0.25) is 0 Å². The predicted octanol–water partition coefficient (Wildman–Crippen LogP) is 0.978. The highest BCUT2D eigenvalue weighted by atomic mass is 32.2. The lowest BCUT2D eigenvalue weighted by molar-refractivity contribution is -0.114. The van der Waals surface area contributed by atoms with Gasteiger partial charge in [-0.25, -0.2) is 13.4 Å². The number of aromatic nitrogens is 1. The minimum absolute atomic E-state index is 0.0297. The second-order valence-electron chi connectivity index (χ2n) is 5.94. The number of amidine groups is 1. The molecule has 1 aromatic heterocycles. The second kappa shape index (κ2) is 8.80. The highest BCUT2D eigenvalue weighted by Gasteiger charge is 2.31. The molecular weight excluding hydrogens is 434 g/mol. The highest BCUT2D eigenvalue weighted by Crippen LogP contribution is 2.26. The Labute approximate surface area is 176 Å². The van der Waals surface area contributed by atoms with Crippen molar-refractivity contribution >= 4 is 61.6 Å². The summed E-state index contributed by atoms with van der Waals surface area (Å²) in [7, 11) is -3.69.